The number of aryl methyl sites for hydroxylation is 1. The highest BCUT2D eigenvalue weighted by Crippen LogP contribution is 2.36. The molecule has 0 bridgehead atoms. The third-order valence-corrected chi connectivity index (χ3v) is 4.04. The number of hydrogen-bond donors (Lipinski definition) is 1. The number of halogens is 1. The fourth-order valence-corrected chi connectivity index (χ4v) is 2.96. The van der Waals surface area contributed by atoms with E-state index in [9.17, 15) is 9.50 Å². The van der Waals surface area contributed by atoms with Gasteiger partial charge in [-0.25, -0.2) is 4.39 Å². The van der Waals surface area contributed by atoms with Crippen LogP contribution in [-0.2, 0) is 12.8 Å². The van der Waals surface area contributed by atoms with Crippen LogP contribution in [0.1, 0.15) is 29.2 Å². The summed E-state index contributed by atoms with van der Waals surface area (Å²) in [5.74, 6) is -0.0691. The van der Waals surface area contributed by atoms with Gasteiger partial charge in [-0.1, -0.05) is 42.5 Å². The van der Waals surface area contributed by atoms with Gasteiger partial charge in [0.05, 0.1) is 6.10 Å². The standard InChI is InChI=1S/C17H17FO/c18-16-8-4-2-6-13(16)11-14-10-9-12-5-1-3-7-15(12)17(14)19/h1-8,14,17,19H,9-11H2. The number of aliphatic hydroxyl groups is 1. The minimum atomic E-state index is -0.482. The summed E-state index contributed by atoms with van der Waals surface area (Å²) in [6.07, 6.45) is 1.99. The summed E-state index contributed by atoms with van der Waals surface area (Å²) in [7, 11) is 0. The van der Waals surface area contributed by atoms with Crippen LogP contribution in [0.4, 0.5) is 4.39 Å². The molecule has 0 aromatic heterocycles. The quantitative estimate of drug-likeness (QED) is 0.869. The highest BCUT2D eigenvalue weighted by molar-refractivity contribution is 5.32. The minimum absolute atomic E-state index is 0.104. The average Bonchev–Trinajstić information content (AvgIpc) is 2.44. The van der Waals surface area contributed by atoms with Crippen LogP contribution >= 0.6 is 0 Å². The van der Waals surface area contributed by atoms with Gasteiger partial charge in [-0.2, -0.15) is 0 Å². The molecule has 0 aliphatic heterocycles. The lowest BCUT2D eigenvalue weighted by Crippen LogP contribution is -2.22. The first-order valence-corrected chi connectivity index (χ1v) is 6.75. The van der Waals surface area contributed by atoms with E-state index in [-0.39, 0.29) is 11.7 Å². The third-order valence-electron chi connectivity index (χ3n) is 4.04. The molecule has 98 valence electrons. The lowest BCUT2D eigenvalue weighted by atomic mass is 9.78. The van der Waals surface area contributed by atoms with E-state index in [2.05, 4.69) is 6.07 Å². The Balaban J connectivity index is 1.83. The van der Waals surface area contributed by atoms with Crippen LogP contribution in [0.15, 0.2) is 48.5 Å². The number of rotatable bonds is 2. The highest BCUT2D eigenvalue weighted by Gasteiger charge is 2.28. The predicted octanol–water partition coefficient (Wildman–Crippen LogP) is 3.66. The van der Waals surface area contributed by atoms with E-state index >= 15 is 0 Å². The van der Waals surface area contributed by atoms with E-state index in [0.29, 0.717) is 12.0 Å². The number of fused-ring (bicyclic) bond motifs is 1. The number of aliphatic hydroxyl groups excluding tert-OH is 1. The summed E-state index contributed by atoms with van der Waals surface area (Å²) in [4.78, 5) is 0. The number of benzene rings is 2. The van der Waals surface area contributed by atoms with Crippen molar-refractivity contribution in [1.82, 2.24) is 0 Å². The summed E-state index contributed by atoms with van der Waals surface area (Å²) < 4.78 is 13.7. The van der Waals surface area contributed by atoms with E-state index in [1.165, 1.54) is 11.6 Å². The van der Waals surface area contributed by atoms with Gasteiger partial charge in [-0.15, -0.1) is 0 Å². The molecular weight excluding hydrogens is 239 g/mol. The molecule has 2 atom stereocenters. The van der Waals surface area contributed by atoms with E-state index in [1.54, 1.807) is 6.07 Å². The van der Waals surface area contributed by atoms with Crippen molar-refractivity contribution in [3.63, 3.8) is 0 Å². The van der Waals surface area contributed by atoms with Crippen LogP contribution in [0, 0.1) is 11.7 Å². The molecule has 0 saturated heterocycles. The maximum atomic E-state index is 13.7. The Hall–Kier alpha value is -1.67. The second kappa shape index (κ2) is 5.14. The molecule has 1 nitrogen and oxygen atoms in total. The molecule has 0 heterocycles. The monoisotopic (exact) mass is 256 g/mol. The molecule has 0 saturated carbocycles. The van der Waals surface area contributed by atoms with Crippen molar-refractivity contribution >= 4 is 0 Å². The Bertz CT molecular complexity index is 579. The molecule has 0 fully saturated rings. The number of hydrogen-bond acceptors (Lipinski definition) is 1. The molecule has 2 heteroatoms. The summed E-state index contributed by atoms with van der Waals surface area (Å²) >= 11 is 0. The Morgan fingerprint density at radius 1 is 1.05 bits per heavy atom. The lowest BCUT2D eigenvalue weighted by Gasteiger charge is -2.30. The first kappa shape index (κ1) is 12.4. The summed E-state index contributed by atoms with van der Waals surface area (Å²) in [6.45, 7) is 0. The summed E-state index contributed by atoms with van der Waals surface area (Å²) in [6, 6.07) is 14.8. The third kappa shape index (κ3) is 2.41. The molecule has 1 aliphatic rings. The van der Waals surface area contributed by atoms with Gasteiger partial charge >= 0.3 is 0 Å². The second-order valence-corrected chi connectivity index (χ2v) is 5.24. The van der Waals surface area contributed by atoms with Crippen LogP contribution in [-0.4, -0.2) is 5.11 Å². The lowest BCUT2D eigenvalue weighted by molar-refractivity contribution is 0.0932. The summed E-state index contributed by atoms with van der Waals surface area (Å²) in [5, 5.41) is 10.5. The van der Waals surface area contributed by atoms with Crippen LogP contribution in [0.5, 0.6) is 0 Å². The first-order valence-electron chi connectivity index (χ1n) is 6.75. The van der Waals surface area contributed by atoms with E-state index in [0.717, 1.165) is 18.4 Å². The fourth-order valence-electron chi connectivity index (χ4n) is 2.96. The largest absolute Gasteiger partial charge is 0.388 e. The first-order chi connectivity index (χ1) is 9.25. The van der Waals surface area contributed by atoms with Crippen molar-refractivity contribution in [2.24, 2.45) is 5.92 Å². The van der Waals surface area contributed by atoms with Crippen LogP contribution in [0.3, 0.4) is 0 Å². The molecule has 1 N–H and O–H groups in total. The molecule has 19 heavy (non-hydrogen) atoms. The van der Waals surface area contributed by atoms with Crippen molar-refractivity contribution in [2.45, 2.75) is 25.4 Å². The molecule has 3 rings (SSSR count). The van der Waals surface area contributed by atoms with Crippen molar-refractivity contribution < 1.29 is 9.50 Å². The van der Waals surface area contributed by atoms with E-state index in [4.69, 9.17) is 0 Å². The Morgan fingerprint density at radius 3 is 2.63 bits per heavy atom. The van der Waals surface area contributed by atoms with Crippen LogP contribution < -0.4 is 0 Å². The maximum absolute atomic E-state index is 13.7. The molecular formula is C17H17FO. The SMILES string of the molecule is OC1c2ccccc2CCC1Cc1ccccc1F. The smallest absolute Gasteiger partial charge is 0.126 e. The fraction of sp³-hybridized carbons (Fsp3) is 0.294. The molecule has 2 aromatic carbocycles. The average molecular weight is 256 g/mol. The summed E-state index contributed by atoms with van der Waals surface area (Å²) in [5.41, 5.74) is 2.93. The topological polar surface area (TPSA) is 20.2 Å². The van der Waals surface area contributed by atoms with E-state index < -0.39 is 6.10 Å². The highest BCUT2D eigenvalue weighted by atomic mass is 19.1. The van der Waals surface area contributed by atoms with Gasteiger partial charge in [0.1, 0.15) is 5.82 Å². The van der Waals surface area contributed by atoms with Gasteiger partial charge in [0, 0.05) is 0 Å². The van der Waals surface area contributed by atoms with E-state index in [1.807, 2.05) is 30.3 Å². The maximum Gasteiger partial charge on any atom is 0.126 e. The van der Waals surface area contributed by atoms with Crippen molar-refractivity contribution in [2.75, 3.05) is 0 Å². The molecule has 0 amide bonds. The zero-order valence-electron chi connectivity index (χ0n) is 10.7. The normalized spacial score (nSPS) is 22.0. The van der Waals surface area contributed by atoms with Gasteiger partial charge in [0.15, 0.2) is 0 Å². The Labute approximate surface area is 112 Å². The molecule has 2 aromatic rings. The van der Waals surface area contributed by atoms with Gasteiger partial charge in [-0.05, 0) is 47.9 Å². The van der Waals surface area contributed by atoms with Crippen molar-refractivity contribution in [3.05, 3.63) is 71.0 Å². The predicted molar refractivity (Wildman–Crippen MR) is 73.3 cm³/mol. The minimum Gasteiger partial charge on any atom is -0.388 e. The Morgan fingerprint density at radius 2 is 1.79 bits per heavy atom. The van der Waals surface area contributed by atoms with Gasteiger partial charge in [0.2, 0.25) is 0 Å². The zero-order valence-corrected chi connectivity index (χ0v) is 10.7. The molecule has 1 aliphatic carbocycles. The second-order valence-electron chi connectivity index (χ2n) is 5.24. The van der Waals surface area contributed by atoms with Crippen molar-refractivity contribution in [1.29, 1.82) is 0 Å². The van der Waals surface area contributed by atoms with Gasteiger partial charge in [0.25, 0.3) is 0 Å². The van der Waals surface area contributed by atoms with Gasteiger partial charge < -0.3 is 5.11 Å². The molecule has 0 radical (unpaired) electrons. The molecule has 0 spiro atoms. The zero-order chi connectivity index (χ0) is 13.2. The van der Waals surface area contributed by atoms with Crippen LogP contribution in [0.25, 0.3) is 0 Å². The van der Waals surface area contributed by atoms with Crippen molar-refractivity contribution in [3.8, 4) is 0 Å². The van der Waals surface area contributed by atoms with Crippen LogP contribution in [0.2, 0.25) is 0 Å². The van der Waals surface area contributed by atoms with Gasteiger partial charge in [-0.3, -0.25) is 0 Å². The molecule has 2 unspecified atom stereocenters. The Kier molecular flexibility index (Phi) is 3.34.